The van der Waals surface area contributed by atoms with Crippen molar-refractivity contribution in [2.24, 2.45) is 5.92 Å². The van der Waals surface area contributed by atoms with Gasteiger partial charge in [-0.25, -0.2) is 4.79 Å². The van der Waals surface area contributed by atoms with E-state index in [-0.39, 0.29) is 17.7 Å². The van der Waals surface area contributed by atoms with Gasteiger partial charge in [0.25, 0.3) is 0 Å². The molecule has 0 fully saturated rings. The second kappa shape index (κ2) is 8.10. The van der Waals surface area contributed by atoms with E-state index in [1.807, 2.05) is 0 Å². The first-order valence-corrected chi connectivity index (χ1v) is 7.76. The molecule has 0 saturated carbocycles. The van der Waals surface area contributed by atoms with Crippen LogP contribution in [0, 0.1) is 5.92 Å². The Morgan fingerprint density at radius 2 is 1.68 bits per heavy atom. The van der Waals surface area contributed by atoms with Crippen LogP contribution in [0.5, 0.6) is 0 Å². The van der Waals surface area contributed by atoms with Crippen LogP contribution >= 0.6 is 11.3 Å². The summed E-state index contributed by atoms with van der Waals surface area (Å²) in [4.78, 5) is 25.1. The average molecular weight is 282 g/mol. The third-order valence-corrected chi connectivity index (χ3v) is 4.05. The molecule has 0 unspecified atom stereocenters. The molecule has 0 aliphatic carbocycles. The third kappa shape index (κ3) is 4.46. The van der Waals surface area contributed by atoms with E-state index in [1.165, 1.54) is 11.3 Å². The van der Waals surface area contributed by atoms with Gasteiger partial charge in [-0.3, -0.25) is 4.79 Å². The molecule has 4 heteroatoms. The van der Waals surface area contributed by atoms with Gasteiger partial charge in [0.15, 0.2) is 5.78 Å². The number of Topliss-reactive ketones (excluding diaryl/α,β-unsaturated/α-hetero) is 1. The lowest BCUT2D eigenvalue weighted by molar-refractivity contribution is 0.0532. The van der Waals surface area contributed by atoms with Crippen molar-refractivity contribution in [2.75, 3.05) is 6.61 Å². The first kappa shape index (κ1) is 15.9. The monoisotopic (exact) mass is 282 g/mol. The molecule has 3 nitrogen and oxygen atoms in total. The third-order valence-electron chi connectivity index (χ3n) is 2.97. The fourth-order valence-electron chi connectivity index (χ4n) is 2.09. The number of ketones is 1. The van der Waals surface area contributed by atoms with Crippen LogP contribution < -0.4 is 0 Å². The molecule has 1 aromatic heterocycles. The highest BCUT2D eigenvalue weighted by Gasteiger charge is 2.21. The summed E-state index contributed by atoms with van der Waals surface area (Å²) in [5.74, 6) is -0.0815. The fraction of sp³-hybridized carbons (Fsp3) is 0.600. The predicted molar refractivity (Wildman–Crippen MR) is 77.9 cm³/mol. The minimum Gasteiger partial charge on any atom is -0.462 e. The van der Waals surface area contributed by atoms with Gasteiger partial charge in [0, 0.05) is 5.92 Å². The van der Waals surface area contributed by atoms with E-state index in [4.69, 9.17) is 4.74 Å². The largest absolute Gasteiger partial charge is 0.462 e. The Morgan fingerprint density at radius 1 is 1.11 bits per heavy atom. The summed E-state index contributed by atoms with van der Waals surface area (Å²) >= 11 is 1.25. The number of carbonyl (C=O) groups excluding carboxylic acids is 2. The topological polar surface area (TPSA) is 43.4 Å². The lowest BCUT2D eigenvalue weighted by atomic mass is 9.93. The summed E-state index contributed by atoms with van der Waals surface area (Å²) in [7, 11) is 0. The van der Waals surface area contributed by atoms with Crippen molar-refractivity contribution in [2.45, 2.75) is 46.5 Å². The normalized spacial score (nSPS) is 10.7. The smallest absolute Gasteiger partial charge is 0.348 e. The SMILES string of the molecule is CCCC(CCC)C(=O)c1ccc(C(=O)OCC)s1. The summed E-state index contributed by atoms with van der Waals surface area (Å²) in [5.41, 5.74) is 0. The first-order chi connectivity index (χ1) is 9.13. The zero-order chi connectivity index (χ0) is 14.3. The van der Waals surface area contributed by atoms with Crippen LogP contribution in [0.25, 0.3) is 0 Å². The van der Waals surface area contributed by atoms with Crippen LogP contribution in [-0.2, 0) is 4.74 Å². The van der Waals surface area contributed by atoms with Crippen molar-refractivity contribution < 1.29 is 14.3 Å². The van der Waals surface area contributed by atoms with Crippen molar-refractivity contribution in [3.05, 3.63) is 21.9 Å². The lowest BCUT2D eigenvalue weighted by Crippen LogP contribution is -2.13. The molecule has 0 aromatic carbocycles. The molecule has 0 saturated heterocycles. The summed E-state index contributed by atoms with van der Waals surface area (Å²) in [6.07, 6.45) is 3.84. The van der Waals surface area contributed by atoms with Gasteiger partial charge >= 0.3 is 5.97 Å². The van der Waals surface area contributed by atoms with Gasteiger partial charge in [-0.05, 0) is 31.9 Å². The molecule has 0 atom stereocenters. The zero-order valence-electron chi connectivity index (χ0n) is 11.9. The molecule has 106 valence electrons. The van der Waals surface area contributed by atoms with Gasteiger partial charge in [-0.1, -0.05) is 26.7 Å². The number of thiophene rings is 1. The van der Waals surface area contributed by atoms with Crippen molar-refractivity contribution >= 4 is 23.1 Å². The number of hydrogen-bond donors (Lipinski definition) is 0. The van der Waals surface area contributed by atoms with E-state index in [1.54, 1.807) is 19.1 Å². The van der Waals surface area contributed by atoms with Crippen molar-refractivity contribution in [3.63, 3.8) is 0 Å². The molecule has 0 aliphatic rings. The van der Waals surface area contributed by atoms with Crippen molar-refractivity contribution in [1.29, 1.82) is 0 Å². The molecule has 0 spiro atoms. The van der Waals surface area contributed by atoms with Gasteiger partial charge < -0.3 is 4.74 Å². The van der Waals surface area contributed by atoms with Crippen molar-refractivity contribution in [3.8, 4) is 0 Å². The van der Waals surface area contributed by atoms with Gasteiger partial charge in [-0.2, -0.15) is 0 Å². The molecule has 0 aliphatic heterocycles. The molecular weight excluding hydrogens is 260 g/mol. The second-order valence-corrected chi connectivity index (χ2v) is 5.61. The Kier molecular flexibility index (Phi) is 6.78. The quantitative estimate of drug-likeness (QED) is 0.526. The number of rotatable bonds is 8. The second-order valence-electron chi connectivity index (χ2n) is 4.52. The maximum Gasteiger partial charge on any atom is 0.348 e. The highest BCUT2D eigenvalue weighted by atomic mass is 32.1. The minimum atomic E-state index is -0.339. The Hall–Kier alpha value is -1.16. The molecule has 0 radical (unpaired) electrons. The highest BCUT2D eigenvalue weighted by molar-refractivity contribution is 7.15. The van der Waals surface area contributed by atoms with Crippen LogP contribution in [0.3, 0.4) is 0 Å². The van der Waals surface area contributed by atoms with Crippen LogP contribution in [0.15, 0.2) is 12.1 Å². The van der Waals surface area contributed by atoms with Crippen molar-refractivity contribution in [1.82, 2.24) is 0 Å². The summed E-state index contributed by atoms with van der Waals surface area (Å²) in [6.45, 7) is 6.31. The summed E-state index contributed by atoms with van der Waals surface area (Å²) in [5, 5.41) is 0. The maximum atomic E-state index is 12.4. The van der Waals surface area contributed by atoms with Crippen LogP contribution in [0.2, 0.25) is 0 Å². The predicted octanol–water partition coefficient (Wildman–Crippen LogP) is 4.32. The van der Waals surface area contributed by atoms with E-state index in [0.717, 1.165) is 25.7 Å². The van der Waals surface area contributed by atoms with Crippen LogP contribution in [0.4, 0.5) is 0 Å². The van der Waals surface area contributed by atoms with E-state index >= 15 is 0 Å². The molecular formula is C15H22O3S. The number of ether oxygens (including phenoxy) is 1. The molecule has 0 bridgehead atoms. The molecule has 19 heavy (non-hydrogen) atoms. The van der Waals surface area contributed by atoms with Gasteiger partial charge in [0.05, 0.1) is 11.5 Å². The Labute approximate surface area is 119 Å². The Balaban J connectivity index is 2.78. The molecule has 0 amide bonds. The molecule has 1 heterocycles. The highest BCUT2D eigenvalue weighted by Crippen LogP contribution is 2.25. The first-order valence-electron chi connectivity index (χ1n) is 6.95. The standard InChI is InChI=1S/C15H22O3S/c1-4-7-11(8-5-2)14(16)12-9-10-13(19-12)15(17)18-6-3/h9-11H,4-8H2,1-3H3. The Morgan fingerprint density at radius 3 is 2.21 bits per heavy atom. The maximum absolute atomic E-state index is 12.4. The van der Waals surface area contributed by atoms with E-state index in [9.17, 15) is 9.59 Å². The number of carbonyl (C=O) groups is 2. The lowest BCUT2D eigenvalue weighted by Gasteiger charge is -2.12. The Bertz CT molecular complexity index is 417. The molecule has 0 N–H and O–H groups in total. The summed E-state index contributed by atoms with van der Waals surface area (Å²) < 4.78 is 4.94. The van der Waals surface area contributed by atoms with Gasteiger partial charge in [0.2, 0.25) is 0 Å². The number of esters is 1. The van der Waals surface area contributed by atoms with E-state index in [0.29, 0.717) is 16.4 Å². The minimum absolute atomic E-state index is 0.0868. The fourth-order valence-corrected chi connectivity index (χ4v) is 3.01. The van der Waals surface area contributed by atoms with Crippen LogP contribution in [0.1, 0.15) is 65.8 Å². The van der Waals surface area contributed by atoms with Crippen LogP contribution in [-0.4, -0.2) is 18.4 Å². The van der Waals surface area contributed by atoms with Gasteiger partial charge in [-0.15, -0.1) is 11.3 Å². The van der Waals surface area contributed by atoms with E-state index in [2.05, 4.69) is 13.8 Å². The molecule has 1 aromatic rings. The zero-order valence-corrected chi connectivity index (χ0v) is 12.7. The van der Waals surface area contributed by atoms with E-state index < -0.39 is 0 Å². The number of hydrogen-bond acceptors (Lipinski definition) is 4. The summed E-state index contributed by atoms with van der Waals surface area (Å²) in [6, 6.07) is 3.43. The molecule has 1 rings (SSSR count). The van der Waals surface area contributed by atoms with Gasteiger partial charge in [0.1, 0.15) is 4.88 Å². The average Bonchev–Trinajstić information content (AvgIpc) is 2.87.